The second kappa shape index (κ2) is 6.69. The summed E-state index contributed by atoms with van der Waals surface area (Å²) >= 11 is 0. The number of aliphatic carboxylic acids is 1. The molecule has 1 rings (SSSR count). The number of nitrogens with one attached hydrogen (secondary N) is 1. The summed E-state index contributed by atoms with van der Waals surface area (Å²) in [5.41, 5.74) is 0.511. The molecule has 0 aliphatic heterocycles. The van der Waals surface area contributed by atoms with E-state index >= 15 is 0 Å². The average molecular weight is 225 g/mol. The van der Waals surface area contributed by atoms with Crippen LogP contribution in [0.5, 0.6) is 0 Å². The maximum Gasteiger partial charge on any atom is 0.331 e. The zero-order valence-corrected chi connectivity index (χ0v) is 10.3. The molecule has 0 heterocycles. The third kappa shape index (κ3) is 4.35. The summed E-state index contributed by atoms with van der Waals surface area (Å²) in [5.74, 6) is 0.0154. The molecular formula is C13H23NO2. The van der Waals surface area contributed by atoms with Crippen molar-refractivity contribution in [1.29, 1.82) is 0 Å². The molecule has 1 aliphatic carbocycles. The van der Waals surface area contributed by atoms with Crippen LogP contribution in [0.3, 0.4) is 0 Å². The van der Waals surface area contributed by atoms with Gasteiger partial charge in [0.1, 0.15) is 0 Å². The zero-order chi connectivity index (χ0) is 12.0. The van der Waals surface area contributed by atoms with Crippen molar-refractivity contribution in [1.82, 2.24) is 5.32 Å². The van der Waals surface area contributed by atoms with Gasteiger partial charge in [-0.1, -0.05) is 32.8 Å². The number of carboxylic acids is 1. The number of carboxylic acid groups (broad SMARTS) is 1. The summed E-state index contributed by atoms with van der Waals surface area (Å²) in [7, 11) is 0. The first kappa shape index (κ1) is 13.2. The number of hydrogen-bond donors (Lipinski definition) is 2. The largest absolute Gasteiger partial charge is 0.478 e. The van der Waals surface area contributed by atoms with Gasteiger partial charge in [-0.3, -0.25) is 0 Å². The summed E-state index contributed by atoms with van der Waals surface area (Å²) in [6.45, 7) is 4.86. The van der Waals surface area contributed by atoms with Crippen LogP contribution in [0.15, 0.2) is 11.6 Å². The summed E-state index contributed by atoms with van der Waals surface area (Å²) < 4.78 is 0. The van der Waals surface area contributed by atoms with Gasteiger partial charge in [0, 0.05) is 18.2 Å². The molecule has 2 unspecified atom stereocenters. The molecule has 1 fully saturated rings. The van der Waals surface area contributed by atoms with Gasteiger partial charge in [0.15, 0.2) is 0 Å². The second-order valence-electron chi connectivity index (χ2n) is 4.77. The molecular weight excluding hydrogens is 202 g/mol. The lowest BCUT2D eigenvalue weighted by molar-refractivity contribution is -0.132. The highest BCUT2D eigenvalue weighted by Crippen LogP contribution is 2.23. The quantitative estimate of drug-likeness (QED) is 0.707. The molecule has 0 aromatic heterocycles. The lowest BCUT2D eigenvalue weighted by Gasteiger charge is -2.27. The molecule has 0 spiro atoms. The fourth-order valence-corrected chi connectivity index (χ4v) is 2.35. The van der Waals surface area contributed by atoms with Crippen molar-refractivity contribution in [2.75, 3.05) is 6.54 Å². The van der Waals surface area contributed by atoms with Crippen LogP contribution >= 0.6 is 0 Å². The van der Waals surface area contributed by atoms with Crippen LogP contribution in [0.4, 0.5) is 0 Å². The fourth-order valence-electron chi connectivity index (χ4n) is 2.35. The van der Waals surface area contributed by atoms with Gasteiger partial charge in [-0.2, -0.15) is 0 Å². The molecule has 92 valence electrons. The van der Waals surface area contributed by atoms with Gasteiger partial charge in [0.2, 0.25) is 0 Å². The van der Waals surface area contributed by atoms with E-state index in [1.165, 1.54) is 25.7 Å². The van der Waals surface area contributed by atoms with Crippen LogP contribution in [-0.4, -0.2) is 23.7 Å². The fraction of sp³-hybridized carbons (Fsp3) is 0.769. The molecule has 2 atom stereocenters. The van der Waals surface area contributed by atoms with E-state index < -0.39 is 5.97 Å². The van der Waals surface area contributed by atoms with Crippen molar-refractivity contribution in [3.8, 4) is 0 Å². The van der Waals surface area contributed by atoms with Crippen molar-refractivity contribution in [2.45, 2.75) is 52.0 Å². The highest BCUT2D eigenvalue weighted by atomic mass is 16.4. The van der Waals surface area contributed by atoms with Crippen LogP contribution in [0, 0.1) is 5.92 Å². The maximum atomic E-state index is 10.8. The van der Waals surface area contributed by atoms with Gasteiger partial charge in [0.05, 0.1) is 0 Å². The van der Waals surface area contributed by atoms with E-state index in [9.17, 15) is 4.79 Å². The van der Waals surface area contributed by atoms with Gasteiger partial charge in [-0.15, -0.1) is 0 Å². The lowest BCUT2D eigenvalue weighted by atomic mass is 9.87. The molecule has 0 radical (unpaired) electrons. The Hall–Kier alpha value is -0.830. The van der Waals surface area contributed by atoms with E-state index in [1.807, 2.05) is 13.0 Å². The third-order valence-electron chi connectivity index (χ3n) is 3.35. The normalized spacial score (nSPS) is 26.8. The minimum Gasteiger partial charge on any atom is -0.478 e. The predicted octanol–water partition coefficient (Wildman–Crippen LogP) is 2.58. The Morgan fingerprint density at radius 3 is 2.81 bits per heavy atom. The molecule has 0 aromatic carbocycles. The van der Waals surface area contributed by atoms with Gasteiger partial charge in [-0.05, 0) is 25.2 Å². The Kier molecular flexibility index (Phi) is 5.53. The minimum absolute atomic E-state index is 0.511. The van der Waals surface area contributed by atoms with E-state index in [0.717, 1.165) is 5.92 Å². The Bertz CT molecular complexity index is 261. The molecule has 0 bridgehead atoms. The Labute approximate surface area is 97.9 Å². The van der Waals surface area contributed by atoms with Gasteiger partial charge >= 0.3 is 5.97 Å². The summed E-state index contributed by atoms with van der Waals surface area (Å²) in [4.78, 5) is 10.8. The minimum atomic E-state index is -0.790. The van der Waals surface area contributed by atoms with E-state index in [1.54, 1.807) is 0 Å². The van der Waals surface area contributed by atoms with Crippen molar-refractivity contribution in [3.05, 3.63) is 11.6 Å². The second-order valence-corrected chi connectivity index (χ2v) is 4.77. The van der Waals surface area contributed by atoms with Gasteiger partial charge in [0.25, 0.3) is 0 Å². The van der Waals surface area contributed by atoms with Crippen molar-refractivity contribution >= 4 is 5.97 Å². The first-order valence-corrected chi connectivity index (χ1v) is 6.29. The number of hydrogen-bond acceptors (Lipinski definition) is 2. The molecule has 3 nitrogen and oxygen atoms in total. The molecule has 16 heavy (non-hydrogen) atoms. The van der Waals surface area contributed by atoms with E-state index in [0.29, 0.717) is 24.6 Å². The van der Waals surface area contributed by atoms with Crippen LogP contribution in [0.1, 0.15) is 46.0 Å². The number of carbonyl (C=O) groups is 1. The molecule has 0 amide bonds. The SMILES string of the molecule is CCC(=CCNC1CCCC(C)C1)C(=O)O. The summed E-state index contributed by atoms with van der Waals surface area (Å²) in [6.07, 6.45) is 7.49. The standard InChI is InChI=1S/C13H23NO2/c1-3-11(13(15)16)7-8-14-12-6-4-5-10(2)9-12/h7,10,12,14H,3-6,8-9H2,1-2H3,(H,15,16). The molecule has 0 saturated heterocycles. The summed E-state index contributed by atoms with van der Waals surface area (Å²) in [5, 5.41) is 12.3. The van der Waals surface area contributed by atoms with Gasteiger partial charge < -0.3 is 10.4 Å². The average Bonchev–Trinajstić information content (AvgIpc) is 2.24. The van der Waals surface area contributed by atoms with E-state index in [2.05, 4.69) is 12.2 Å². The predicted molar refractivity (Wildman–Crippen MR) is 65.4 cm³/mol. The van der Waals surface area contributed by atoms with Crippen LogP contribution < -0.4 is 5.32 Å². The molecule has 0 aromatic rings. The van der Waals surface area contributed by atoms with Gasteiger partial charge in [-0.25, -0.2) is 4.79 Å². The monoisotopic (exact) mass is 225 g/mol. The molecule has 3 heteroatoms. The highest BCUT2D eigenvalue weighted by molar-refractivity contribution is 5.86. The van der Waals surface area contributed by atoms with Crippen LogP contribution in [-0.2, 0) is 4.79 Å². The maximum absolute atomic E-state index is 10.8. The Balaban J connectivity index is 2.31. The summed E-state index contributed by atoms with van der Waals surface area (Å²) in [6, 6.07) is 0.576. The van der Waals surface area contributed by atoms with E-state index in [4.69, 9.17) is 5.11 Å². The first-order chi connectivity index (χ1) is 7.63. The number of rotatable bonds is 5. The van der Waals surface area contributed by atoms with E-state index in [-0.39, 0.29) is 0 Å². The molecule has 1 saturated carbocycles. The van der Waals surface area contributed by atoms with Crippen LogP contribution in [0.25, 0.3) is 0 Å². The smallest absolute Gasteiger partial charge is 0.331 e. The third-order valence-corrected chi connectivity index (χ3v) is 3.35. The van der Waals surface area contributed by atoms with Crippen LogP contribution in [0.2, 0.25) is 0 Å². The highest BCUT2D eigenvalue weighted by Gasteiger charge is 2.17. The molecule has 2 N–H and O–H groups in total. The topological polar surface area (TPSA) is 49.3 Å². The van der Waals surface area contributed by atoms with Crippen molar-refractivity contribution < 1.29 is 9.90 Å². The first-order valence-electron chi connectivity index (χ1n) is 6.29. The molecule has 1 aliphatic rings. The Morgan fingerprint density at radius 2 is 2.25 bits per heavy atom. The lowest BCUT2D eigenvalue weighted by Crippen LogP contribution is -2.33. The van der Waals surface area contributed by atoms with Crippen molar-refractivity contribution in [3.63, 3.8) is 0 Å². The van der Waals surface area contributed by atoms with Crippen molar-refractivity contribution in [2.24, 2.45) is 5.92 Å². The zero-order valence-electron chi connectivity index (χ0n) is 10.3. The Morgan fingerprint density at radius 1 is 1.50 bits per heavy atom.